The number of hydrogen-bond donors (Lipinski definition) is 8. The van der Waals surface area contributed by atoms with Gasteiger partial charge in [0.1, 0.15) is 29.5 Å². The molecule has 9 atom stereocenters. The lowest BCUT2D eigenvalue weighted by atomic mass is 9.55. The Bertz CT molecular complexity index is 561. The number of nitrogens with one attached hydrogen (secondary N) is 1. The molecule has 0 radical (unpaired) electrons. The molecule has 1 spiro atoms. The Kier molecular flexibility index (Phi) is 2.57. The van der Waals surface area contributed by atoms with E-state index in [0.717, 1.165) is 0 Å². The summed E-state index contributed by atoms with van der Waals surface area (Å²) < 4.78 is 10.3. The van der Waals surface area contributed by atoms with Crippen LogP contribution < -0.4 is 11.1 Å². The van der Waals surface area contributed by atoms with Crippen LogP contribution in [0.25, 0.3) is 0 Å². The zero-order valence-electron chi connectivity index (χ0n) is 11.2. The fraction of sp³-hybridized carbons (Fsp3) is 0.909. The Morgan fingerprint density at radius 2 is 1.82 bits per heavy atom. The highest BCUT2D eigenvalue weighted by atomic mass is 16.9. The summed E-state index contributed by atoms with van der Waals surface area (Å²) in [4.78, 5) is 3.70. The first-order chi connectivity index (χ1) is 10.2. The van der Waals surface area contributed by atoms with Crippen molar-refractivity contribution in [2.75, 3.05) is 6.61 Å². The van der Waals surface area contributed by atoms with Gasteiger partial charge >= 0.3 is 5.97 Å². The van der Waals surface area contributed by atoms with Crippen molar-refractivity contribution in [2.45, 2.75) is 47.8 Å². The summed E-state index contributed by atoms with van der Waals surface area (Å²) in [6.07, 6.45) is -7.77. The average Bonchev–Trinajstić information content (AvgIpc) is 2.45. The smallest absolute Gasteiger partial charge is 0.311 e. The van der Waals surface area contributed by atoms with Crippen LogP contribution in [0.2, 0.25) is 0 Å². The van der Waals surface area contributed by atoms with Crippen molar-refractivity contribution in [3.05, 3.63) is 0 Å². The molecule has 4 fully saturated rings. The summed E-state index contributed by atoms with van der Waals surface area (Å²) in [6, 6.07) is 0. The minimum atomic E-state index is -2.52. The van der Waals surface area contributed by atoms with Crippen LogP contribution in [0.15, 0.2) is 4.99 Å². The number of guanidine groups is 1. The first-order valence-electron chi connectivity index (χ1n) is 6.77. The van der Waals surface area contributed by atoms with Crippen molar-refractivity contribution < 1.29 is 40.1 Å². The van der Waals surface area contributed by atoms with Crippen LogP contribution in [0, 0.1) is 5.92 Å². The minimum absolute atomic E-state index is 0.250. The summed E-state index contributed by atoms with van der Waals surface area (Å²) in [7, 11) is 0. The van der Waals surface area contributed by atoms with Crippen molar-refractivity contribution in [3.8, 4) is 0 Å². The van der Waals surface area contributed by atoms with Crippen molar-refractivity contribution in [1.82, 2.24) is 5.32 Å². The molecule has 5 rings (SSSR count). The van der Waals surface area contributed by atoms with Crippen molar-refractivity contribution in [3.63, 3.8) is 0 Å². The molecule has 1 aliphatic carbocycles. The topological polar surface area (TPSA) is 190 Å². The predicted octanol–water partition coefficient (Wildman–Crippen LogP) is -5.52. The van der Waals surface area contributed by atoms with E-state index in [4.69, 9.17) is 15.2 Å². The highest BCUT2D eigenvalue weighted by molar-refractivity contribution is 5.80. The minimum Gasteiger partial charge on any atom is -0.393 e. The molecule has 0 amide bonds. The third-order valence-electron chi connectivity index (χ3n) is 5.22. The molecule has 11 nitrogen and oxygen atoms in total. The van der Waals surface area contributed by atoms with Crippen molar-refractivity contribution in [1.29, 1.82) is 0 Å². The number of ether oxygens (including phenoxy) is 2. The second-order valence-corrected chi connectivity index (χ2v) is 6.22. The SMILES string of the molecule is NC1=N[C@@H](O)[C@H]2[C@@H]3O[C@]4(O)O[C@@H]([C@@H](O)[C@@]2(N1)[C@@H]4O)[C@@]3(O)CO. The van der Waals surface area contributed by atoms with E-state index in [1.807, 2.05) is 0 Å². The van der Waals surface area contributed by atoms with Gasteiger partial charge in [-0.25, -0.2) is 4.99 Å². The van der Waals surface area contributed by atoms with Gasteiger partial charge in [0.15, 0.2) is 18.3 Å². The number of aliphatic hydroxyl groups is 6. The van der Waals surface area contributed by atoms with Gasteiger partial charge in [-0.2, -0.15) is 0 Å². The van der Waals surface area contributed by atoms with Crippen molar-refractivity contribution >= 4 is 5.96 Å². The lowest BCUT2D eigenvalue weighted by Gasteiger charge is -2.71. The third kappa shape index (κ3) is 1.28. The Balaban J connectivity index is 1.95. The number of aliphatic imine (C=N–C) groups is 1. The maximum Gasteiger partial charge on any atom is 0.311 e. The molecule has 11 heteroatoms. The van der Waals surface area contributed by atoms with E-state index in [9.17, 15) is 30.6 Å². The molecule has 1 saturated carbocycles. The average molecular weight is 319 g/mol. The molecule has 4 bridgehead atoms. The molecule has 5 aliphatic rings. The molecular formula is C11H17N3O8. The van der Waals surface area contributed by atoms with Crippen LogP contribution in [-0.4, -0.2) is 91.0 Å². The molecular weight excluding hydrogens is 302 g/mol. The van der Waals surface area contributed by atoms with Gasteiger partial charge < -0.3 is 51.2 Å². The van der Waals surface area contributed by atoms with Gasteiger partial charge in [0.2, 0.25) is 0 Å². The molecule has 9 N–H and O–H groups in total. The second kappa shape index (κ2) is 3.88. The van der Waals surface area contributed by atoms with Crippen LogP contribution in [0.1, 0.15) is 0 Å². The van der Waals surface area contributed by atoms with Gasteiger partial charge in [-0.1, -0.05) is 0 Å². The van der Waals surface area contributed by atoms with E-state index in [2.05, 4.69) is 10.3 Å². The summed E-state index contributed by atoms with van der Waals surface area (Å²) in [5, 5.41) is 64.3. The summed E-state index contributed by atoms with van der Waals surface area (Å²) in [5.41, 5.74) is 1.74. The quantitative estimate of drug-likeness (QED) is 0.231. The Morgan fingerprint density at radius 1 is 1.18 bits per heavy atom. The maximum atomic E-state index is 10.6. The van der Waals surface area contributed by atoms with Crippen LogP contribution in [-0.2, 0) is 9.47 Å². The molecule has 0 aromatic carbocycles. The van der Waals surface area contributed by atoms with Gasteiger partial charge in [0, 0.05) is 0 Å². The summed E-state index contributed by atoms with van der Waals surface area (Å²) >= 11 is 0. The highest BCUT2D eigenvalue weighted by Gasteiger charge is 2.82. The Labute approximate surface area is 123 Å². The first kappa shape index (κ1) is 14.5. The fourth-order valence-electron chi connectivity index (χ4n) is 4.24. The molecule has 124 valence electrons. The Hall–Kier alpha value is -1.05. The van der Waals surface area contributed by atoms with Crippen LogP contribution in [0.5, 0.6) is 0 Å². The molecule has 4 heterocycles. The number of hydrogen-bond acceptors (Lipinski definition) is 11. The molecule has 22 heavy (non-hydrogen) atoms. The lowest BCUT2D eigenvalue weighted by Crippen LogP contribution is -2.95. The number of aliphatic hydroxyl groups excluding tert-OH is 4. The highest BCUT2D eigenvalue weighted by Crippen LogP contribution is 2.58. The molecule has 0 aromatic rings. The van der Waals surface area contributed by atoms with Gasteiger partial charge in [-0.3, -0.25) is 0 Å². The standard InChI is InChI=1S/C11H17N3O8/c12-8-13-6(17)2-4-9(19,1-15)5-3(16)10(2,14-8)7(18)11(20,21-4)22-5/h2-7,15-20H,1H2,(H3,12,13,14)/t2-,3-,4+,5+,6+,7+,9-,10-,11+/m1/s1. The van der Waals surface area contributed by atoms with Gasteiger partial charge in [0.25, 0.3) is 0 Å². The zero-order chi connectivity index (χ0) is 16.1. The number of rotatable bonds is 1. The Morgan fingerprint density at radius 3 is 2.45 bits per heavy atom. The molecule has 0 aromatic heterocycles. The molecule has 4 aliphatic heterocycles. The van der Waals surface area contributed by atoms with E-state index in [1.54, 1.807) is 0 Å². The molecule has 3 saturated heterocycles. The summed E-state index contributed by atoms with van der Waals surface area (Å²) in [5.74, 6) is -3.95. The second-order valence-electron chi connectivity index (χ2n) is 6.22. The van der Waals surface area contributed by atoms with Crippen LogP contribution in [0.4, 0.5) is 0 Å². The zero-order valence-corrected chi connectivity index (χ0v) is 11.2. The first-order valence-corrected chi connectivity index (χ1v) is 6.77. The molecule has 0 unspecified atom stereocenters. The van der Waals surface area contributed by atoms with E-state index in [0.29, 0.717) is 0 Å². The largest absolute Gasteiger partial charge is 0.393 e. The van der Waals surface area contributed by atoms with Crippen LogP contribution >= 0.6 is 0 Å². The number of nitrogens with two attached hydrogens (primary N) is 1. The summed E-state index contributed by atoms with van der Waals surface area (Å²) in [6.45, 7) is -0.857. The predicted molar refractivity (Wildman–Crippen MR) is 65.7 cm³/mol. The maximum absolute atomic E-state index is 10.6. The normalized spacial score (nSPS) is 62.4. The van der Waals surface area contributed by atoms with Gasteiger partial charge in [-0.15, -0.1) is 0 Å². The number of nitrogens with zero attached hydrogens (tertiary/aromatic N) is 1. The van der Waals surface area contributed by atoms with Gasteiger partial charge in [-0.05, 0) is 0 Å². The van der Waals surface area contributed by atoms with E-state index in [1.165, 1.54) is 0 Å². The van der Waals surface area contributed by atoms with Crippen molar-refractivity contribution in [2.24, 2.45) is 16.6 Å². The fourth-order valence-corrected chi connectivity index (χ4v) is 4.24. The van der Waals surface area contributed by atoms with E-state index in [-0.39, 0.29) is 5.96 Å². The van der Waals surface area contributed by atoms with Gasteiger partial charge in [0.05, 0.1) is 12.5 Å². The third-order valence-corrected chi connectivity index (χ3v) is 5.22. The van der Waals surface area contributed by atoms with E-state index >= 15 is 0 Å². The van der Waals surface area contributed by atoms with Crippen LogP contribution in [0.3, 0.4) is 0 Å². The monoisotopic (exact) mass is 319 g/mol. The lowest BCUT2D eigenvalue weighted by molar-refractivity contribution is -0.548. The van der Waals surface area contributed by atoms with E-state index < -0.39 is 60.3 Å².